The first kappa shape index (κ1) is 28.4. The Morgan fingerprint density at radius 3 is 2.45 bits per heavy atom. The highest BCUT2D eigenvalue weighted by Crippen LogP contribution is 2.36. The van der Waals surface area contributed by atoms with Crippen molar-refractivity contribution in [3.63, 3.8) is 0 Å². The van der Waals surface area contributed by atoms with E-state index < -0.39 is 26.0 Å². The molecule has 12 heteroatoms. The number of piperidine rings is 1. The molecule has 9 nitrogen and oxygen atoms in total. The molecule has 0 radical (unpaired) electrons. The van der Waals surface area contributed by atoms with Crippen LogP contribution in [0, 0.1) is 12.8 Å². The van der Waals surface area contributed by atoms with Crippen LogP contribution in [0.4, 0.5) is 11.4 Å². The molecule has 0 saturated carbocycles. The normalized spacial score (nSPS) is 17.9. The van der Waals surface area contributed by atoms with E-state index in [2.05, 4.69) is 5.32 Å². The van der Waals surface area contributed by atoms with Gasteiger partial charge in [-0.3, -0.25) is 9.10 Å². The first-order chi connectivity index (χ1) is 19.0. The Morgan fingerprint density at radius 1 is 0.975 bits per heavy atom. The topological polar surface area (TPSA) is 113 Å². The maximum absolute atomic E-state index is 13.5. The van der Waals surface area contributed by atoms with Crippen LogP contribution in [-0.4, -0.2) is 53.8 Å². The monoisotopic (exact) mass is 603 g/mol. The minimum Gasteiger partial charge on any atom is -0.495 e. The first-order valence-electron chi connectivity index (χ1n) is 12.9. The lowest BCUT2D eigenvalue weighted by atomic mass is 9.98. The Hall–Kier alpha value is -3.12. The van der Waals surface area contributed by atoms with E-state index in [9.17, 15) is 21.6 Å². The van der Waals surface area contributed by atoms with Gasteiger partial charge in [0, 0.05) is 30.3 Å². The van der Waals surface area contributed by atoms with Crippen molar-refractivity contribution in [1.29, 1.82) is 0 Å². The summed E-state index contributed by atoms with van der Waals surface area (Å²) in [4.78, 5) is 13.5. The first-order valence-corrected chi connectivity index (χ1v) is 16.1. The van der Waals surface area contributed by atoms with Gasteiger partial charge in [-0.25, -0.2) is 16.8 Å². The second-order valence-corrected chi connectivity index (χ2v) is 14.2. The van der Waals surface area contributed by atoms with Gasteiger partial charge in [0.25, 0.3) is 10.0 Å². The maximum atomic E-state index is 13.5. The van der Waals surface area contributed by atoms with Crippen LogP contribution in [0.15, 0.2) is 70.5 Å². The second kappa shape index (κ2) is 11.0. The van der Waals surface area contributed by atoms with Gasteiger partial charge in [-0.05, 0) is 85.8 Å². The van der Waals surface area contributed by atoms with E-state index in [4.69, 9.17) is 16.3 Å². The summed E-state index contributed by atoms with van der Waals surface area (Å²) in [5.41, 5.74) is 2.60. The third-order valence-electron chi connectivity index (χ3n) is 7.30. The number of nitrogens with zero attached hydrogens (tertiary/aromatic N) is 2. The van der Waals surface area contributed by atoms with Crippen LogP contribution >= 0.6 is 11.6 Å². The van der Waals surface area contributed by atoms with Crippen molar-refractivity contribution in [2.75, 3.05) is 36.4 Å². The third kappa shape index (κ3) is 5.43. The molecule has 40 heavy (non-hydrogen) atoms. The van der Waals surface area contributed by atoms with Crippen LogP contribution in [0.3, 0.4) is 0 Å². The van der Waals surface area contributed by atoms with Crippen molar-refractivity contribution in [3.05, 3.63) is 76.8 Å². The van der Waals surface area contributed by atoms with Gasteiger partial charge in [0.2, 0.25) is 15.9 Å². The predicted molar refractivity (Wildman–Crippen MR) is 154 cm³/mol. The van der Waals surface area contributed by atoms with E-state index in [0.717, 1.165) is 11.1 Å². The molecule has 1 unspecified atom stereocenters. The summed E-state index contributed by atoms with van der Waals surface area (Å²) < 4.78 is 61.6. The molecule has 1 N–H and O–H groups in total. The summed E-state index contributed by atoms with van der Waals surface area (Å²) >= 11 is 5.93. The number of anilines is 2. The number of benzene rings is 3. The lowest BCUT2D eigenvalue weighted by Gasteiger charge is -2.31. The fourth-order valence-corrected chi connectivity index (χ4v) is 8.54. The van der Waals surface area contributed by atoms with Gasteiger partial charge >= 0.3 is 0 Å². The van der Waals surface area contributed by atoms with Gasteiger partial charge in [0.15, 0.2) is 0 Å². The number of hydrogen-bond acceptors (Lipinski definition) is 6. The lowest BCUT2D eigenvalue weighted by molar-refractivity contribution is -0.120. The highest BCUT2D eigenvalue weighted by molar-refractivity contribution is 7.92. The minimum absolute atomic E-state index is 0.0350. The number of nitrogens with one attached hydrogen (secondary N) is 1. The van der Waals surface area contributed by atoms with Crippen molar-refractivity contribution < 1.29 is 26.4 Å². The number of hydrogen-bond donors (Lipinski definition) is 1. The molecule has 5 rings (SSSR count). The summed E-state index contributed by atoms with van der Waals surface area (Å²) in [5.74, 6) is -0.629. The molecule has 1 atom stereocenters. The zero-order valence-corrected chi connectivity index (χ0v) is 24.5. The predicted octanol–water partition coefficient (Wildman–Crippen LogP) is 4.45. The quantitative estimate of drug-likeness (QED) is 0.427. The van der Waals surface area contributed by atoms with Crippen LogP contribution in [0.2, 0.25) is 5.02 Å². The van der Waals surface area contributed by atoms with Gasteiger partial charge in [-0.1, -0.05) is 23.7 Å². The SMILES string of the molecule is COc1ccc(C)cc1S(=O)(=O)N1CCCC(C(=O)Nc2ccc3c(c2)N(S(=O)(=O)c2ccc(Cl)cc2)CC3)C1. The van der Waals surface area contributed by atoms with Crippen molar-refractivity contribution in [1.82, 2.24) is 4.31 Å². The molecule has 2 aliphatic rings. The van der Waals surface area contributed by atoms with E-state index in [1.807, 2.05) is 13.0 Å². The average Bonchev–Trinajstić information content (AvgIpc) is 3.37. The zero-order chi connectivity index (χ0) is 28.7. The van der Waals surface area contributed by atoms with Gasteiger partial charge in [-0.15, -0.1) is 0 Å². The summed E-state index contributed by atoms with van der Waals surface area (Å²) in [6.07, 6.45) is 1.61. The lowest BCUT2D eigenvalue weighted by Crippen LogP contribution is -2.43. The van der Waals surface area contributed by atoms with Crippen molar-refractivity contribution in [2.45, 2.75) is 36.0 Å². The number of fused-ring (bicyclic) bond motifs is 1. The number of rotatable bonds is 7. The molecule has 1 fully saturated rings. The number of carbonyl (C=O) groups excluding carboxylic acids is 1. The third-order valence-corrected chi connectivity index (χ3v) is 11.3. The molecule has 1 saturated heterocycles. The largest absolute Gasteiger partial charge is 0.495 e. The van der Waals surface area contributed by atoms with E-state index >= 15 is 0 Å². The van der Waals surface area contributed by atoms with E-state index in [-0.39, 0.29) is 34.5 Å². The zero-order valence-electron chi connectivity index (χ0n) is 22.1. The summed E-state index contributed by atoms with van der Waals surface area (Å²) in [6.45, 7) is 2.44. The molecule has 0 spiro atoms. The molecule has 1 amide bonds. The molecule has 3 aromatic rings. The molecular formula is C28H30ClN3O6S2. The highest BCUT2D eigenvalue weighted by Gasteiger charge is 2.36. The summed E-state index contributed by atoms with van der Waals surface area (Å²) in [7, 11) is -6.27. The van der Waals surface area contributed by atoms with E-state index in [1.54, 1.807) is 30.3 Å². The number of amides is 1. The van der Waals surface area contributed by atoms with Crippen LogP contribution in [0.1, 0.15) is 24.0 Å². The summed E-state index contributed by atoms with van der Waals surface area (Å²) in [6, 6.07) is 16.2. The van der Waals surface area contributed by atoms with Crippen molar-refractivity contribution in [2.24, 2.45) is 5.92 Å². The highest BCUT2D eigenvalue weighted by atomic mass is 35.5. The van der Waals surface area contributed by atoms with E-state index in [0.29, 0.717) is 42.2 Å². The molecule has 0 aromatic heterocycles. The van der Waals surface area contributed by atoms with Gasteiger partial charge in [0.05, 0.1) is 23.6 Å². The van der Waals surface area contributed by atoms with Crippen LogP contribution in [-0.2, 0) is 31.3 Å². The average molecular weight is 604 g/mol. The van der Waals surface area contributed by atoms with Gasteiger partial charge in [-0.2, -0.15) is 4.31 Å². The Kier molecular flexibility index (Phi) is 7.84. The Balaban J connectivity index is 1.33. The minimum atomic E-state index is -3.88. The van der Waals surface area contributed by atoms with Crippen LogP contribution < -0.4 is 14.4 Å². The molecule has 212 valence electrons. The maximum Gasteiger partial charge on any atom is 0.264 e. The molecule has 0 aliphatic carbocycles. The molecular weight excluding hydrogens is 574 g/mol. The summed E-state index contributed by atoms with van der Waals surface area (Å²) in [5, 5.41) is 3.32. The van der Waals surface area contributed by atoms with Crippen LogP contribution in [0.5, 0.6) is 5.75 Å². The number of aryl methyl sites for hydroxylation is 1. The number of halogens is 1. The number of sulfonamides is 2. The standard InChI is InChI=1S/C28H30ClN3O6S2/c1-19-5-12-26(38-2)27(16-19)40(36,37)31-14-3-4-21(18-31)28(33)30-23-9-6-20-13-15-32(25(20)17-23)39(34,35)24-10-7-22(29)8-11-24/h5-12,16-17,21H,3-4,13-15,18H2,1-2H3,(H,30,33). The number of ether oxygens (including phenoxy) is 1. The molecule has 2 heterocycles. The smallest absolute Gasteiger partial charge is 0.264 e. The van der Waals surface area contributed by atoms with Gasteiger partial charge < -0.3 is 10.1 Å². The van der Waals surface area contributed by atoms with Crippen LogP contribution in [0.25, 0.3) is 0 Å². The van der Waals surface area contributed by atoms with Crippen molar-refractivity contribution >= 4 is 48.9 Å². The molecule has 3 aromatic carbocycles. The van der Waals surface area contributed by atoms with Crippen molar-refractivity contribution in [3.8, 4) is 5.75 Å². The number of methoxy groups -OCH3 is 1. The van der Waals surface area contributed by atoms with Gasteiger partial charge in [0.1, 0.15) is 10.6 Å². The Morgan fingerprint density at radius 2 is 1.73 bits per heavy atom. The molecule has 0 bridgehead atoms. The Labute approximate surface area is 239 Å². The Bertz CT molecular complexity index is 1660. The fourth-order valence-electron chi connectivity index (χ4n) is 5.15. The van der Waals surface area contributed by atoms with E-state index in [1.165, 1.54) is 40.0 Å². The second-order valence-electron chi connectivity index (χ2n) is 9.97. The molecule has 2 aliphatic heterocycles. The number of carbonyl (C=O) groups is 1. The fraction of sp³-hybridized carbons (Fsp3) is 0.321.